The lowest BCUT2D eigenvalue weighted by atomic mass is 10.3. The lowest BCUT2D eigenvalue weighted by Crippen LogP contribution is -2.41. The minimum absolute atomic E-state index is 0.0319. The third-order valence-corrected chi connectivity index (χ3v) is 5.65. The number of hydrazine groups is 1. The highest BCUT2D eigenvalue weighted by atomic mass is 32.2. The zero-order valence-corrected chi connectivity index (χ0v) is 14.9. The Morgan fingerprint density at radius 2 is 1.96 bits per heavy atom. The number of halogens is 2. The fraction of sp³-hybridized carbons (Fsp3) is 0.286. The Morgan fingerprint density at radius 3 is 2.65 bits per heavy atom. The maximum Gasteiger partial charge on any atom is 0.285 e. The van der Waals surface area contributed by atoms with E-state index in [9.17, 15) is 22.0 Å². The van der Waals surface area contributed by atoms with Crippen molar-refractivity contribution in [2.45, 2.75) is 4.90 Å². The van der Waals surface area contributed by atoms with Gasteiger partial charge in [-0.25, -0.2) is 22.2 Å². The summed E-state index contributed by atoms with van der Waals surface area (Å²) in [4.78, 5) is 19.5. The first-order valence-corrected chi connectivity index (χ1v) is 9.78. The zero-order valence-electron chi connectivity index (χ0n) is 13.2. The van der Waals surface area contributed by atoms with Crippen LogP contribution in [0.1, 0.15) is 10.5 Å². The molecule has 0 saturated carbocycles. The van der Waals surface area contributed by atoms with Gasteiger partial charge in [0.2, 0.25) is 0 Å². The molecule has 0 unspecified atom stereocenters. The molecule has 0 atom stereocenters. The molecule has 1 aliphatic heterocycles. The smallest absolute Gasteiger partial charge is 0.285 e. The van der Waals surface area contributed by atoms with Crippen LogP contribution in [0.3, 0.4) is 0 Å². The number of amides is 1. The average molecular weight is 404 g/mol. The van der Waals surface area contributed by atoms with Crippen molar-refractivity contribution in [2.75, 3.05) is 31.2 Å². The van der Waals surface area contributed by atoms with Gasteiger partial charge in [-0.3, -0.25) is 10.2 Å². The molecule has 26 heavy (non-hydrogen) atoms. The molecule has 0 aliphatic carbocycles. The summed E-state index contributed by atoms with van der Waals surface area (Å²) in [5.41, 5.74) is 2.03. The second kappa shape index (κ2) is 7.61. The number of sulfonamides is 1. The number of hydrogen-bond donors (Lipinski definition) is 2. The molecule has 0 radical (unpaired) electrons. The molecule has 0 spiro atoms. The summed E-state index contributed by atoms with van der Waals surface area (Å²) in [5, 5.41) is 2.12. The highest BCUT2D eigenvalue weighted by molar-refractivity contribution is 7.89. The molecule has 1 saturated heterocycles. The molecule has 0 bridgehead atoms. The molecule has 1 aromatic heterocycles. The van der Waals surface area contributed by atoms with Crippen LogP contribution in [0.2, 0.25) is 0 Å². The normalized spacial score (nSPS) is 15.1. The summed E-state index contributed by atoms with van der Waals surface area (Å²) in [5.74, 6) is -3.26. The number of rotatable bonds is 5. The van der Waals surface area contributed by atoms with Crippen molar-refractivity contribution < 1.29 is 26.7 Å². The van der Waals surface area contributed by atoms with Crippen molar-refractivity contribution >= 4 is 32.4 Å². The number of nitrogens with one attached hydrogen (secondary N) is 2. The molecular formula is C14H14F2N4O4S2. The van der Waals surface area contributed by atoms with Gasteiger partial charge in [0.1, 0.15) is 5.69 Å². The molecule has 140 valence electrons. The van der Waals surface area contributed by atoms with Gasteiger partial charge >= 0.3 is 0 Å². The number of hydrogen-bond acceptors (Lipinski definition) is 7. The van der Waals surface area contributed by atoms with Crippen molar-refractivity contribution in [1.29, 1.82) is 0 Å². The minimum atomic E-state index is -4.26. The van der Waals surface area contributed by atoms with Crippen LogP contribution < -0.4 is 15.2 Å². The van der Waals surface area contributed by atoms with Crippen LogP contribution in [-0.4, -0.2) is 45.6 Å². The number of benzene rings is 1. The highest BCUT2D eigenvalue weighted by Crippen LogP contribution is 2.21. The number of thiazole rings is 1. The number of ether oxygens (including phenoxy) is 1. The Bertz CT molecular complexity index is 913. The van der Waals surface area contributed by atoms with E-state index in [4.69, 9.17) is 4.74 Å². The van der Waals surface area contributed by atoms with Crippen molar-refractivity contribution in [3.63, 3.8) is 0 Å². The molecule has 2 heterocycles. The van der Waals surface area contributed by atoms with Crippen LogP contribution in [-0.2, 0) is 14.8 Å². The van der Waals surface area contributed by atoms with Gasteiger partial charge in [0.05, 0.1) is 18.1 Å². The van der Waals surface area contributed by atoms with Crippen LogP contribution in [0.15, 0.2) is 28.5 Å². The molecule has 2 N–H and O–H groups in total. The maximum absolute atomic E-state index is 13.2. The molecule has 1 aromatic carbocycles. The molecule has 3 rings (SSSR count). The lowest BCUT2D eigenvalue weighted by molar-refractivity contribution is 0.0940. The van der Waals surface area contributed by atoms with Crippen molar-refractivity contribution in [3.05, 3.63) is 40.9 Å². The zero-order chi connectivity index (χ0) is 18.7. The van der Waals surface area contributed by atoms with Gasteiger partial charge in [-0.2, -0.15) is 0 Å². The fourth-order valence-electron chi connectivity index (χ4n) is 2.15. The van der Waals surface area contributed by atoms with Gasteiger partial charge < -0.3 is 9.64 Å². The first-order chi connectivity index (χ1) is 12.4. The van der Waals surface area contributed by atoms with E-state index in [-0.39, 0.29) is 5.69 Å². The summed E-state index contributed by atoms with van der Waals surface area (Å²) in [7, 11) is -4.26. The molecule has 1 fully saturated rings. The van der Waals surface area contributed by atoms with Crippen molar-refractivity contribution in [3.8, 4) is 0 Å². The van der Waals surface area contributed by atoms with Crippen LogP contribution in [0.25, 0.3) is 0 Å². The number of carbonyl (C=O) groups excluding carboxylic acids is 1. The summed E-state index contributed by atoms with van der Waals surface area (Å²) in [6.45, 7) is 2.43. The SMILES string of the molecule is O=C(NNS(=O)(=O)c1ccc(F)c(F)c1)c1csc(N2CCOCC2)n1. The van der Waals surface area contributed by atoms with Crippen LogP contribution in [0.5, 0.6) is 0 Å². The molecular weight excluding hydrogens is 390 g/mol. The van der Waals surface area contributed by atoms with Gasteiger partial charge in [-0.15, -0.1) is 16.2 Å². The summed E-state index contributed by atoms with van der Waals surface area (Å²) in [6, 6.07) is 2.08. The Balaban J connectivity index is 1.64. The standard InChI is InChI=1S/C14H14F2N4O4S2/c15-10-2-1-9(7-11(10)16)26(22,23)19-18-13(21)12-8-25-14(17-12)20-3-5-24-6-4-20/h1-2,7-8,19H,3-6H2,(H,18,21). The number of carbonyl (C=O) groups is 1. The van der Waals surface area contributed by atoms with Crippen LogP contribution >= 0.6 is 11.3 Å². The van der Waals surface area contributed by atoms with Crippen molar-refractivity contribution in [2.24, 2.45) is 0 Å². The largest absolute Gasteiger partial charge is 0.378 e. The van der Waals surface area contributed by atoms with Crippen LogP contribution in [0.4, 0.5) is 13.9 Å². The topological polar surface area (TPSA) is 101 Å². The van der Waals surface area contributed by atoms with Gasteiger partial charge in [-0.05, 0) is 18.2 Å². The predicted octanol–water partition coefficient (Wildman–Crippen LogP) is 0.881. The number of nitrogens with zero attached hydrogens (tertiary/aromatic N) is 2. The van der Waals surface area contributed by atoms with E-state index in [1.165, 1.54) is 16.7 Å². The van der Waals surface area contributed by atoms with E-state index in [1.807, 2.05) is 15.2 Å². The molecule has 2 aromatic rings. The molecule has 1 aliphatic rings. The van der Waals surface area contributed by atoms with Gasteiger partial charge in [0, 0.05) is 18.5 Å². The van der Waals surface area contributed by atoms with E-state index >= 15 is 0 Å². The summed E-state index contributed by atoms with van der Waals surface area (Å²) in [6.07, 6.45) is 0. The first kappa shape index (κ1) is 18.6. The molecule has 12 heteroatoms. The highest BCUT2D eigenvalue weighted by Gasteiger charge is 2.20. The Morgan fingerprint density at radius 1 is 1.23 bits per heavy atom. The van der Waals surface area contributed by atoms with E-state index in [0.717, 1.165) is 6.07 Å². The third kappa shape index (κ3) is 4.15. The second-order valence-corrected chi connectivity index (χ2v) is 7.77. The number of morpholine rings is 1. The van der Waals surface area contributed by atoms with E-state index in [2.05, 4.69) is 4.98 Å². The number of aromatic nitrogens is 1. The van der Waals surface area contributed by atoms with Crippen molar-refractivity contribution in [1.82, 2.24) is 15.2 Å². The van der Waals surface area contributed by atoms with Gasteiger partial charge in [0.15, 0.2) is 16.8 Å². The van der Waals surface area contributed by atoms with E-state index in [1.54, 1.807) is 0 Å². The monoisotopic (exact) mass is 404 g/mol. The summed E-state index contributed by atoms with van der Waals surface area (Å²) >= 11 is 1.25. The Hall–Kier alpha value is -2.15. The first-order valence-electron chi connectivity index (χ1n) is 7.42. The molecule has 1 amide bonds. The Labute approximate surface area is 151 Å². The average Bonchev–Trinajstić information content (AvgIpc) is 3.13. The van der Waals surface area contributed by atoms with Gasteiger partial charge in [-0.1, -0.05) is 0 Å². The fourth-order valence-corrected chi connectivity index (χ4v) is 3.86. The predicted molar refractivity (Wildman–Crippen MR) is 89.3 cm³/mol. The Kier molecular flexibility index (Phi) is 5.46. The van der Waals surface area contributed by atoms with E-state index < -0.39 is 32.5 Å². The lowest BCUT2D eigenvalue weighted by Gasteiger charge is -2.25. The minimum Gasteiger partial charge on any atom is -0.378 e. The maximum atomic E-state index is 13.2. The summed E-state index contributed by atoms with van der Waals surface area (Å²) < 4.78 is 55.4. The second-order valence-electron chi connectivity index (χ2n) is 5.25. The van der Waals surface area contributed by atoms with Crippen LogP contribution in [0, 0.1) is 11.6 Å². The molecule has 8 nitrogen and oxygen atoms in total. The quantitative estimate of drug-likeness (QED) is 0.718. The third-order valence-electron chi connectivity index (χ3n) is 3.51. The number of anilines is 1. The van der Waals surface area contributed by atoms with E-state index in [0.29, 0.717) is 43.6 Å². The van der Waals surface area contributed by atoms with Gasteiger partial charge in [0.25, 0.3) is 15.9 Å².